The standard InChI is InChI=1S/C20H16ClN7O3/c1-2-31-14-9-11(5-8-13(14)29)18-15-16(10-3-6-12(21)7-4-10)23-24-19(30)17(15)22-20-25-26-27-28(18)20/h3-9,18,29H,2H2,1H3,(H,24,30)(H,22,25,27)/t18-/m1/s1. The van der Waals surface area contributed by atoms with Crippen LogP contribution in [0.15, 0.2) is 47.3 Å². The van der Waals surface area contributed by atoms with Gasteiger partial charge in [0.2, 0.25) is 5.95 Å². The predicted octanol–water partition coefficient (Wildman–Crippen LogP) is 2.88. The molecule has 10 nitrogen and oxygen atoms in total. The van der Waals surface area contributed by atoms with Gasteiger partial charge >= 0.3 is 0 Å². The number of rotatable bonds is 4. The fraction of sp³-hybridized carbons (Fsp3) is 0.150. The van der Waals surface area contributed by atoms with Gasteiger partial charge in [-0.3, -0.25) is 4.79 Å². The van der Waals surface area contributed by atoms with Crippen LogP contribution in [0.25, 0.3) is 11.3 Å². The Morgan fingerprint density at radius 2 is 2.03 bits per heavy atom. The maximum Gasteiger partial charge on any atom is 0.288 e. The lowest BCUT2D eigenvalue weighted by atomic mass is 9.92. The first-order valence-electron chi connectivity index (χ1n) is 9.46. The summed E-state index contributed by atoms with van der Waals surface area (Å²) in [6.07, 6.45) is 0. The van der Waals surface area contributed by atoms with Crippen LogP contribution < -0.4 is 15.6 Å². The highest BCUT2D eigenvalue weighted by molar-refractivity contribution is 6.30. The molecule has 2 aromatic heterocycles. The molecule has 0 bridgehead atoms. The van der Waals surface area contributed by atoms with Gasteiger partial charge < -0.3 is 15.2 Å². The summed E-state index contributed by atoms with van der Waals surface area (Å²) in [4.78, 5) is 12.7. The van der Waals surface area contributed by atoms with Crippen LogP contribution in [0.3, 0.4) is 0 Å². The van der Waals surface area contributed by atoms with Gasteiger partial charge in [-0.2, -0.15) is 9.78 Å². The molecule has 0 amide bonds. The van der Waals surface area contributed by atoms with Gasteiger partial charge in [0.15, 0.2) is 11.5 Å². The number of fused-ring (bicyclic) bond motifs is 2. The van der Waals surface area contributed by atoms with Crippen LogP contribution in [0.4, 0.5) is 11.6 Å². The van der Waals surface area contributed by atoms with E-state index >= 15 is 0 Å². The smallest absolute Gasteiger partial charge is 0.288 e. The number of hydrogen-bond acceptors (Lipinski definition) is 8. The Morgan fingerprint density at radius 3 is 2.81 bits per heavy atom. The summed E-state index contributed by atoms with van der Waals surface area (Å²) in [5.74, 6) is 0.640. The Balaban J connectivity index is 1.78. The number of phenolic OH excluding ortho intramolecular Hbond substituents is 1. The first-order valence-corrected chi connectivity index (χ1v) is 9.83. The van der Waals surface area contributed by atoms with Crippen molar-refractivity contribution in [3.63, 3.8) is 0 Å². The Kier molecular flexibility index (Phi) is 4.55. The summed E-state index contributed by atoms with van der Waals surface area (Å²) in [6, 6.07) is 11.5. The van der Waals surface area contributed by atoms with E-state index in [1.807, 2.05) is 19.1 Å². The topological polar surface area (TPSA) is 131 Å². The second kappa shape index (κ2) is 7.40. The van der Waals surface area contributed by atoms with Crippen molar-refractivity contribution in [2.75, 3.05) is 11.9 Å². The number of nitrogens with zero attached hydrogens (tertiary/aromatic N) is 5. The molecule has 0 spiro atoms. The molecule has 5 rings (SSSR count). The second-order valence-electron chi connectivity index (χ2n) is 6.83. The van der Waals surface area contributed by atoms with Crippen LogP contribution in [-0.2, 0) is 0 Å². The van der Waals surface area contributed by atoms with Gasteiger partial charge in [0, 0.05) is 16.1 Å². The number of nitrogens with one attached hydrogen (secondary N) is 2. The fourth-order valence-corrected chi connectivity index (χ4v) is 3.77. The molecule has 0 saturated heterocycles. The number of aromatic hydroxyl groups is 1. The average Bonchev–Trinajstić information content (AvgIpc) is 3.24. The third-order valence-corrected chi connectivity index (χ3v) is 5.24. The molecular weight excluding hydrogens is 422 g/mol. The first-order chi connectivity index (χ1) is 15.1. The van der Waals surface area contributed by atoms with Crippen molar-refractivity contribution in [2.24, 2.45) is 0 Å². The molecular formula is C20H16ClN7O3. The molecule has 3 heterocycles. The van der Waals surface area contributed by atoms with E-state index in [9.17, 15) is 9.90 Å². The highest BCUT2D eigenvalue weighted by atomic mass is 35.5. The summed E-state index contributed by atoms with van der Waals surface area (Å²) in [6.45, 7) is 2.21. The van der Waals surface area contributed by atoms with Crippen LogP contribution in [0.1, 0.15) is 24.1 Å². The van der Waals surface area contributed by atoms with Crippen LogP contribution >= 0.6 is 11.6 Å². The fourth-order valence-electron chi connectivity index (χ4n) is 3.65. The van der Waals surface area contributed by atoms with Crippen LogP contribution in [0.2, 0.25) is 5.02 Å². The summed E-state index contributed by atoms with van der Waals surface area (Å²) < 4.78 is 7.11. The number of hydrogen-bond donors (Lipinski definition) is 3. The lowest BCUT2D eigenvalue weighted by Gasteiger charge is -2.28. The summed E-state index contributed by atoms with van der Waals surface area (Å²) in [5.41, 5.74) is 2.47. The van der Waals surface area contributed by atoms with E-state index in [-0.39, 0.29) is 5.75 Å². The molecule has 0 fully saturated rings. The lowest BCUT2D eigenvalue weighted by molar-refractivity contribution is 0.317. The van der Waals surface area contributed by atoms with Crippen molar-refractivity contribution in [3.05, 3.63) is 69.0 Å². The van der Waals surface area contributed by atoms with Crippen molar-refractivity contribution in [2.45, 2.75) is 13.0 Å². The van der Waals surface area contributed by atoms with Crippen molar-refractivity contribution >= 4 is 23.2 Å². The molecule has 2 aromatic carbocycles. The zero-order valence-corrected chi connectivity index (χ0v) is 17.0. The summed E-state index contributed by atoms with van der Waals surface area (Å²) in [7, 11) is 0. The van der Waals surface area contributed by atoms with Crippen molar-refractivity contribution in [3.8, 4) is 22.8 Å². The molecule has 11 heteroatoms. The number of phenols is 1. The molecule has 4 aromatic rings. The Hall–Kier alpha value is -3.92. The summed E-state index contributed by atoms with van der Waals surface area (Å²) >= 11 is 6.05. The number of halogens is 1. The van der Waals surface area contributed by atoms with Gasteiger partial charge in [0.1, 0.15) is 11.7 Å². The number of benzene rings is 2. The minimum absolute atomic E-state index is 0.0126. The predicted molar refractivity (Wildman–Crippen MR) is 113 cm³/mol. The number of H-pyrrole nitrogens is 1. The quantitative estimate of drug-likeness (QED) is 0.391. The molecule has 156 valence electrons. The first kappa shape index (κ1) is 19.1. The van der Waals surface area contributed by atoms with Gasteiger partial charge in [-0.15, -0.1) is 0 Å². The van der Waals surface area contributed by atoms with E-state index < -0.39 is 11.6 Å². The zero-order chi connectivity index (χ0) is 21.5. The van der Waals surface area contributed by atoms with E-state index in [0.29, 0.717) is 45.8 Å². The van der Waals surface area contributed by atoms with Crippen LogP contribution in [-0.4, -0.2) is 42.1 Å². The summed E-state index contributed by atoms with van der Waals surface area (Å²) in [5, 5.41) is 32.4. The Labute approximate surface area is 180 Å². The molecule has 0 saturated carbocycles. The molecule has 0 unspecified atom stereocenters. The highest BCUT2D eigenvalue weighted by Gasteiger charge is 2.34. The van der Waals surface area contributed by atoms with Crippen LogP contribution in [0.5, 0.6) is 11.5 Å². The van der Waals surface area contributed by atoms with Crippen molar-refractivity contribution in [1.29, 1.82) is 0 Å². The van der Waals surface area contributed by atoms with E-state index in [4.69, 9.17) is 16.3 Å². The van der Waals surface area contributed by atoms with Crippen molar-refractivity contribution in [1.82, 2.24) is 30.4 Å². The Morgan fingerprint density at radius 1 is 1.23 bits per heavy atom. The zero-order valence-electron chi connectivity index (χ0n) is 16.2. The van der Waals surface area contributed by atoms with Gasteiger partial charge in [-0.25, -0.2) is 5.10 Å². The molecule has 1 atom stereocenters. The number of aromatic amines is 1. The molecule has 1 aliphatic rings. The number of tetrazole rings is 1. The van der Waals surface area contributed by atoms with E-state index in [0.717, 1.165) is 5.56 Å². The van der Waals surface area contributed by atoms with E-state index in [1.54, 1.807) is 28.9 Å². The maximum absolute atomic E-state index is 12.7. The van der Waals surface area contributed by atoms with Crippen molar-refractivity contribution < 1.29 is 9.84 Å². The normalized spacial score (nSPS) is 14.5. The highest BCUT2D eigenvalue weighted by Crippen LogP contribution is 2.42. The third kappa shape index (κ3) is 3.17. The van der Waals surface area contributed by atoms with Gasteiger partial charge in [-0.05, 0) is 47.2 Å². The third-order valence-electron chi connectivity index (χ3n) is 4.99. The Bertz CT molecular complexity index is 1330. The van der Waals surface area contributed by atoms with Gasteiger partial charge in [0.25, 0.3) is 5.56 Å². The van der Waals surface area contributed by atoms with Gasteiger partial charge in [0.05, 0.1) is 12.3 Å². The van der Waals surface area contributed by atoms with E-state index in [1.165, 1.54) is 6.07 Å². The monoisotopic (exact) mass is 437 g/mol. The second-order valence-corrected chi connectivity index (χ2v) is 7.27. The lowest BCUT2D eigenvalue weighted by Crippen LogP contribution is -2.29. The number of anilines is 2. The maximum atomic E-state index is 12.7. The molecule has 0 aliphatic carbocycles. The minimum Gasteiger partial charge on any atom is -0.504 e. The van der Waals surface area contributed by atoms with Gasteiger partial charge in [-0.1, -0.05) is 34.9 Å². The van der Waals surface area contributed by atoms with Crippen LogP contribution in [0, 0.1) is 0 Å². The minimum atomic E-state index is -0.596. The largest absolute Gasteiger partial charge is 0.504 e. The molecule has 0 radical (unpaired) electrons. The average molecular weight is 438 g/mol. The number of ether oxygens (including phenoxy) is 1. The SMILES string of the molecule is CCOc1cc([C@@H]2c3c(-c4ccc(Cl)cc4)n[nH]c(=O)c3Nc3nnnn32)ccc1O. The molecule has 31 heavy (non-hydrogen) atoms. The molecule has 1 aliphatic heterocycles. The molecule has 3 N–H and O–H groups in total. The number of aromatic nitrogens is 6. The van der Waals surface area contributed by atoms with E-state index in [2.05, 4.69) is 31.0 Å².